The summed E-state index contributed by atoms with van der Waals surface area (Å²) in [6, 6.07) is 2.70. The Morgan fingerprint density at radius 2 is 1.95 bits per heavy atom. The van der Waals surface area contributed by atoms with Gasteiger partial charge in [0.25, 0.3) is 0 Å². The minimum absolute atomic E-state index is 0.0146. The number of aliphatic imine (C=N–C) groups is 1. The van der Waals surface area contributed by atoms with Gasteiger partial charge in [0.2, 0.25) is 16.9 Å². The number of anilines is 1. The van der Waals surface area contributed by atoms with Crippen LogP contribution in [0.4, 0.5) is 5.13 Å². The van der Waals surface area contributed by atoms with Crippen molar-refractivity contribution in [3.8, 4) is 11.3 Å². The molecule has 1 amide bonds. The van der Waals surface area contributed by atoms with E-state index in [1.165, 1.54) is 11.3 Å². The average molecular weight is 859 g/mol. The zero-order chi connectivity index (χ0) is 40.3. The van der Waals surface area contributed by atoms with Gasteiger partial charge < -0.3 is 41.6 Å². The lowest BCUT2D eigenvalue weighted by Gasteiger charge is -2.31. The van der Waals surface area contributed by atoms with Crippen LogP contribution in [0.3, 0.4) is 0 Å². The molecule has 3 aromatic heterocycles. The number of nitrogens with one attached hydrogen (secondary N) is 3. The molecule has 0 spiro atoms. The number of aryl methyl sites for hydroxylation is 1. The second-order valence-electron chi connectivity index (χ2n) is 11.3. The van der Waals surface area contributed by atoms with Gasteiger partial charge in [0.15, 0.2) is 34.2 Å². The fraction of sp³-hybridized carbons (Fsp3) is 0.379. The normalized spacial score (nSPS) is 16.2. The number of thiazole rings is 1. The average Bonchev–Trinajstić information content (AvgIpc) is 3.78. The minimum atomic E-state index is -4.77. The van der Waals surface area contributed by atoms with E-state index in [4.69, 9.17) is 21.4 Å². The van der Waals surface area contributed by atoms with E-state index in [1.54, 1.807) is 6.92 Å². The van der Waals surface area contributed by atoms with Crippen LogP contribution in [0, 0.1) is 5.92 Å². The number of aliphatic carboxylic acids is 2. The highest BCUT2D eigenvalue weighted by atomic mass is 32.2. The molecule has 0 radical (unpaired) electrons. The van der Waals surface area contributed by atoms with E-state index in [0.717, 1.165) is 29.1 Å². The van der Waals surface area contributed by atoms with Crippen LogP contribution in [0.1, 0.15) is 32.0 Å². The highest BCUT2D eigenvalue weighted by Crippen LogP contribution is 2.40. The number of guanidine groups is 1. The molecule has 11 N–H and O–H groups in total. The topological polar surface area (TPSA) is 331 Å². The number of rotatable bonds is 19. The molecule has 0 aliphatic carbocycles. The second-order valence-corrected chi connectivity index (χ2v) is 16.7. The van der Waals surface area contributed by atoms with Gasteiger partial charge in [-0.05, 0) is 19.8 Å². The van der Waals surface area contributed by atoms with Crippen molar-refractivity contribution in [3.05, 3.63) is 46.3 Å². The summed E-state index contributed by atoms with van der Waals surface area (Å²) in [5, 5.41) is 30.7. The quantitative estimate of drug-likeness (QED) is 0.0200. The lowest BCUT2D eigenvalue weighted by Crippen LogP contribution is -2.49. The first kappa shape index (κ1) is 43.2. The van der Waals surface area contributed by atoms with Crippen LogP contribution in [0.2, 0.25) is 0 Å². The summed E-state index contributed by atoms with van der Waals surface area (Å²) in [7, 11) is -2.88. The molecule has 1 aliphatic heterocycles. The number of thioether (sulfide) groups is 2. The monoisotopic (exact) mass is 858 g/mol. The number of hydrogen-bond donors (Lipinski definition) is 9. The number of carboxylic acid groups (broad SMARTS) is 2. The van der Waals surface area contributed by atoms with Crippen molar-refractivity contribution in [2.75, 3.05) is 24.0 Å². The Balaban J connectivity index is 1.60. The van der Waals surface area contributed by atoms with Crippen LogP contribution in [0.25, 0.3) is 11.3 Å². The zero-order valence-corrected chi connectivity index (χ0v) is 33.2. The fourth-order valence-corrected chi connectivity index (χ4v) is 9.16. The molecular weight excluding hydrogens is 822 g/mol. The summed E-state index contributed by atoms with van der Waals surface area (Å²) in [4.78, 5) is 87.9. The summed E-state index contributed by atoms with van der Waals surface area (Å²) < 4.78 is 17.8. The first-order valence-corrected chi connectivity index (χ1v) is 21.1. The third-order valence-corrected chi connectivity index (χ3v) is 12.0. The van der Waals surface area contributed by atoms with Gasteiger partial charge in [0.1, 0.15) is 25.4 Å². The predicted molar refractivity (Wildman–Crippen MR) is 205 cm³/mol. The lowest BCUT2D eigenvalue weighted by molar-refractivity contribution is -0.671. The zero-order valence-electron chi connectivity index (χ0n) is 29.0. The number of hydrogen-bond acceptors (Lipinski definition) is 17. The first-order valence-electron chi connectivity index (χ1n) is 16.0. The number of carbonyl (C=O) groups is 4. The molecule has 1 aliphatic rings. The van der Waals surface area contributed by atoms with E-state index in [-0.39, 0.29) is 54.4 Å². The van der Waals surface area contributed by atoms with Gasteiger partial charge in [-0.3, -0.25) is 29.8 Å². The smallest absolute Gasteiger partial charge is 0.429 e. The summed E-state index contributed by atoms with van der Waals surface area (Å²) in [5.74, 6) is -6.08. The molecule has 0 saturated heterocycles. The van der Waals surface area contributed by atoms with Gasteiger partial charge in [0.05, 0.1) is 17.0 Å². The Labute approximate surface area is 329 Å². The largest absolute Gasteiger partial charge is 0.480 e. The highest BCUT2D eigenvalue weighted by molar-refractivity contribution is 8.07. The van der Waals surface area contributed by atoms with E-state index >= 15 is 0 Å². The van der Waals surface area contributed by atoms with Crippen molar-refractivity contribution in [2.45, 2.75) is 41.9 Å². The number of Topliss-reactive ketones (excluding diaryl/α,β-unsaturated/α-hetero) is 1. The van der Waals surface area contributed by atoms with Crippen LogP contribution >= 0.6 is 54.1 Å². The number of aromatic nitrogens is 4. The summed E-state index contributed by atoms with van der Waals surface area (Å²) >= 11 is 4.16. The molecule has 0 aromatic carbocycles. The highest BCUT2D eigenvalue weighted by Gasteiger charge is 2.38. The van der Waals surface area contributed by atoms with Crippen LogP contribution in [-0.2, 0) is 35.6 Å². The third kappa shape index (κ3) is 13.1. The SMILES string of the molecule is CCO/N=C(/C(=O)C[C@H](C(=O)NC(N)=NCCC[C@@H](N)C(=O)O)[C@@H]1NC(C(=O)O)=C(Sc2nc(-c3cc[n+](C)cc3)cs2)CS1)c1nsc(NP(=O)(O)O)n1. The van der Waals surface area contributed by atoms with Gasteiger partial charge in [-0.15, -0.1) is 23.1 Å². The number of amides is 1. The minimum Gasteiger partial charge on any atom is -0.480 e. The summed E-state index contributed by atoms with van der Waals surface area (Å²) in [6.07, 6.45) is 3.47. The molecule has 0 fully saturated rings. The van der Waals surface area contributed by atoms with Gasteiger partial charge in [-0.2, -0.15) is 9.36 Å². The van der Waals surface area contributed by atoms with Crippen LogP contribution in [0.15, 0.2) is 55.0 Å². The van der Waals surface area contributed by atoms with Crippen molar-refractivity contribution >= 4 is 94.6 Å². The maximum absolute atomic E-state index is 13.8. The van der Waals surface area contributed by atoms with E-state index in [1.807, 2.05) is 46.6 Å². The Morgan fingerprint density at radius 1 is 1.22 bits per heavy atom. The molecule has 296 valence electrons. The Morgan fingerprint density at radius 3 is 2.60 bits per heavy atom. The number of nitrogens with two attached hydrogens (primary N) is 2. The predicted octanol–water partition coefficient (Wildman–Crippen LogP) is 0.681. The molecule has 3 atom stereocenters. The molecule has 4 rings (SSSR count). The van der Waals surface area contributed by atoms with Gasteiger partial charge in [0, 0.05) is 58.2 Å². The van der Waals surface area contributed by atoms with E-state index in [2.05, 4.69) is 35.1 Å². The van der Waals surface area contributed by atoms with E-state index in [9.17, 15) is 38.6 Å². The standard InChI is InChI=1S/C29H36N11O10PS4/c1-3-50-37-20(22-35-28(55-39-22)38-51(47,48)49)18(41)11-15(23(42)36-27(31)32-8-4-5-16(30)25(43)44)24-34-21(26(45)46)19(13-52-24)54-29-33-17(12-53-29)14-6-9-40(2)10-7-14/h6-7,9-10,12,15-16,24,34H,3-5,8,11,13,30H2,1-2H3,(H7-,31,32,35,36,38,39,42,43,44,45,46,47,48,49)/p+1/b37-20-/t15-,16-,24-/m1/s1. The molecule has 26 heteroatoms. The molecule has 55 heavy (non-hydrogen) atoms. The third-order valence-electron chi connectivity index (χ3n) is 7.20. The van der Waals surface area contributed by atoms with E-state index < -0.39 is 60.8 Å². The van der Waals surface area contributed by atoms with Gasteiger partial charge in [-0.25, -0.2) is 18.9 Å². The molecular formula is C29H37N11O10PS4+. The molecule has 21 nitrogen and oxygen atoms in total. The lowest BCUT2D eigenvalue weighted by atomic mass is 9.98. The van der Waals surface area contributed by atoms with Crippen LogP contribution in [-0.4, -0.2) is 100.0 Å². The number of carboxylic acids is 2. The first-order chi connectivity index (χ1) is 26.0. The second kappa shape index (κ2) is 19.9. The van der Waals surface area contributed by atoms with Crippen molar-refractivity contribution in [1.29, 1.82) is 0 Å². The molecule has 0 unspecified atom stereocenters. The molecule has 0 bridgehead atoms. The molecule has 4 heterocycles. The maximum atomic E-state index is 13.8. The Kier molecular flexibility index (Phi) is 15.6. The molecule has 3 aromatic rings. The maximum Gasteiger partial charge on any atom is 0.429 e. The van der Waals surface area contributed by atoms with Crippen LogP contribution < -0.4 is 31.8 Å². The number of nitrogens with zero attached hydrogens (tertiary/aromatic N) is 6. The van der Waals surface area contributed by atoms with Gasteiger partial charge in [-0.1, -0.05) is 16.9 Å². The number of oxime groups is 1. The summed E-state index contributed by atoms with van der Waals surface area (Å²) in [5.41, 5.74) is 12.4. The number of pyridine rings is 1. The van der Waals surface area contributed by atoms with Crippen molar-refractivity contribution < 1.29 is 53.1 Å². The Bertz CT molecular complexity index is 2020. The number of carbonyl (C=O) groups excluding carboxylic acids is 2. The van der Waals surface area contributed by atoms with Crippen LogP contribution in [0.5, 0.6) is 0 Å². The van der Waals surface area contributed by atoms with Crippen molar-refractivity contribution in [1.82, 2.24) is 25.0 Å². The van der Waals surface area contributed by atoms with Crippen molar-refractivity contribution in [2.24, 2.45) is 34.6 Å². The summed E-state index contributed by atoms with van der Waals surface area (Å²) in [6.45, 7) is 1.62. The molecule has 0 saturated carbocycles. The van der Waals surface area contributed by atoms with Crippen molar-refractivity contribution in [3.63, 3.8) is 0 Å². The Hall–Kier alpha value is -4.49. The number of ketones is 1. The van der Waals surface area contributed by atoms with E-state index in [0.29, 0.717) is 26.5 Å². The van der Waals surface area contributed by atoms with Gasteiger partial charge >= 0.3 is 19.7 Å². The fourth-order valence-electron chi connectivity index (χ4n) is 4.56.